The summed E-state index contributed by atoms with van der Waals surface area (Å²) in [7, 11) is 0. The summed E-state index contributed by atoms with van der Waals surface area (Å²) in [6.07, 6.45) is 0.680. The third-order valence-corrected chi connectivity index (χ3v) is 2.44. The lowest BCUT2D eigenvalue weighted by Crippen LogP contribution is -2.14. The van der Waals surface area contributed by atoms with Gasteiger partial charge in [0, 0.05) is 12.5 Å². The molecule has 1 aliphatic rings. The van der Waals surface area contributed by atoms with Crippen LogP contribution in [0.4, 0.5) is 17.6 Å². The normalized spacial score (nSPS) is 19.6. The van der Waals surface area contributed by atoms with Crippen LogP contribution in [0.5, 0.6) is 5.75 Å². The van der Waals surface area contributed by atoms with Crippen molar-refractivity contribution in [2.75, 3.05) is 19.8 Å². The molecule has 1 saturated heterocycles. The minimum absolute atomic E-state index is 0.0342. The molecule has 1 aromatic rings. The van der Waals surface area contributed by atoms with Gasteiger partial charge in [0.25, 0.3) is 11.9 Å². The summed E-state index contributed by atoms with van der Waals surface area (Å²) in [4.78, 5) is 2.43. The highest BCUT2D eigenvalue weighted by atomic mass is 19.2. The third-order valence-electron chi connectivity index (χ3n) is 2.44. The number of nitrogens with zero attached hydrogens (tertiary/aromatic N) is 1. The number of ether oxygens (including phenoxy) is 2. The van der Waals surface area contributed by atoms with Crippen LogP contribution in [0.15, 0.2) is 0 Å². The van der Waals surface area contributed by atoms with E-state index in [2.05, 4.69) is 4.98 Å². The number of rotatable bonds is 3. The maximum absolute atomic E-state index is 13.1. The van der Waals surface area contributed by atoms with E-state index in [0.29, 0.717) is 19.6 Å². The predicted octanol–water partition coefficient (Wildman–Crippen LogP) is 2.05. The Hall–Kier alpha value is -1.37. The maximum Gasteiger partial charge on any atom is 0.255 e. The van der Waals surface area contributed by atoms with Crippen LogP contribution in [0.3, 0.4) is 0 Å². The zero-order valence-corrected chi connectivity index (χ0v) is 8.68. The molecule has 0 radical (unpaired) electrons. The standard InChI is InChI=1S/C10H9F4NO2/c11-6-8(7(12)10(14)15-9(6)13)17-4-5-1-2-16-3-5/h5H,1-4H2. The second-order valence-corrected chi connectivity index (χ2v) is 3.69. The van der Waals surface area contributed by atoms with E-state index >= 15 is 0 Å². The molecule has 1 fully saturated rings. The summed E-state index contributed by atoms with van der Waals surface area (Å²) < 4.78 is 61.5. The monoisotopic (exact) mass is 251 g/mol. The topological polar surface area (TPSA) is 31.4 Å². The molecule has 0 N–H and O–H groups in total. The van der Waals surface area contributed by atoms with E-state index in [4.69, 9.17) is 9.47 Å². The fourth-order valence-corrected chi connectivity index (χ4v) is 1.51. The van der Waals surface area contributed by atoms with Gasteiger partial charge in [0.05, 0.1) is 13.2 Å². The lowest BCUT2D eigenvalue weighted by atomic mass is 10.1. The molecule has 1 atom stereocenters. The van der Waals surface area contributed by atoms with E-state index in [1.54, 1.807) is 0 Å². The Kier molecular flexibility index (Phi) is 3.46. The van der Waals surface area contributed by atoms with Crippen LogP contribution in [-0.4, -0.2) is 24.8 Å². The smallest absolute Gasteiger partial charge is 0.255 e. The van der Waals surface area contributed by atoms with Crippen molar-refractivity contribution in [3.8, 4) is 5.75 Å². The van der Waals surface area contributed by atoms with Crippen molar-refractivity contribution >= 4 is 0 Å². The fraction of sp³-hybridized carbons (Fsp3) is 0.500. The molecule has 94 valence electrons. The number of hydrogen-bond donors (Lipinski definition) is 0. The summed E-state index contributed by atoms with van der Waals surface area (Å²) in [6, 6.07) is 0. The average Bonchev–Trinajstić information content (AvgIpc) is 2.79. The van der Waals surface area contributed by atoms with Gasteiger partial charge in [-0.15, -0.1) is 0 Å². The van der Waals surface area contributed by atoms with Crippen LogP contribution >= 0.6 is 0 Å². The summed E-state index contributed by atoms with van der Waals surface area (Å²) in [6.45, 7) is 0.883. The minimum atomic E-state index is -1.72. The van der Waals surface area contributed by atoms with Gasteiger partial charge in [-0.25, -0.2) is 0 Å². The Morgan fingerprint density at radius 2 is 1.82 bits per heavy atom. The molecule has 3 nitrogen and oxygen atoms in total. The molecule has 0 amide bonds. The Morgan fingerprint density at radius 1 is 1.18 bits per heavy atom. The third kappa shape index (κ3) is 2.49. The summed E-state index contributed by atoms with van der Waals surface area (Å²) in [5.41, 5.74) is 0. The van der Waals surface area contributed by atoms with Gasteiger partial charge in [-0.2, -0.15) is 22.5 Å². The van der Waals surface area contributed by atoms with Gasteiger partial charge in [-0.3, -0.25) is 0 Å². The molecule has 0 aliphatic carbocycles. The van der Waals surface area contributed by atoms with E-state index < -0.39 is 29.3 Å². The zero-order valence-electron chi connectivity index (χ0n) is 8.68. The maximum atomic E-state index is 13.1. The second-order valence-electron chi connectivity index (χ2n) is 3.69. The van der Waals surface area contributed by atoms with Gasteiger partial charge >= 0.3 is 0 Å². The molecular formula is C10H9F4NO2. The van der Waals surface area contributed by atoms with Gasteiger partial charge in [-0.05, 0) is 6.42 Å². The van der Waals surface area contributed by atoms with Gasteiger partial charge in [0.1, 0.15) is 0 Å². The molecule has 2 rings (SSSR count). The summed E-state index contributed by atoms with van der Waals surface area (Å²) in [5.74, 6) is -7.79. The van der Waals surface area contributed by atoms with Crippen molar-refractivity contribution in [1.29, 1.82) is 0 Å². The molecule has 0 saturated carbocycles. The highest BCUT2D eigenvalue weighted by Gasteiger charge is 2.24. The van der Waals surface area contributed by atoms with Crippen LogP contribution < -0.4 is 4.74 Å². The van der Waals surface area contributed by atoms with Crippen LogP contribution in [0.1, 0.15) is 6.42 Å². The number of halogens is 4. The summed E-state index contributed by atoms with van der Waals surface area (Å²) in [5, 5.41) is 0. The van der Waals surface area contributed by atoms with E-state index in [9.17, 15) is 17.6 Å². The fourth-order valence-electron chi connectivity index (χ4n) is 1.51. The molecule has 7 heteroatoms. The molecule has 2 heterocycles. The Balaban J connectivity index is 2.13. The SMILES string of the molecule is Fc1nc(F)c(F)c(OCC2CCOC2)c1F. The van der Waals surface area contributed by atoms with Crippen molar-refractivity contribution < 1.29 is 27.0 Å². The molecule has 0 aromatic carbocycles. The van der Waals surface area contributed by atoms with Crippen LogP contribution in [0.2, 0.25) is 0 Å². The van der Waals surface area contributed by atoms with Gasteiger partial charge in [0.15, 0.2) is 5.75 Å². The minimum Gasteiger partial charge on any atom is -0.487 e. The number of aromatic nitrogens is 1. The van der Waals surface area contributed by atoms with Gasteiger partial charge in [-0.1, -0.05) is 0 Å². The van der Waals surface area contributed by atoms with E-state index in [1.165, 1.54) is 0 Å². The highest BCUT2D eigenvalue weighted by molar-refractivity contribution is 5.24. The molecule has 17 heavy (non-hydrogen) atoms. The molecule has 0 spiro atoms. The molecule has 1 aliphatic heterocycles. The van der Waals surface area contributed by atoms with Crippen molar-refractivity contribution in [2.45, 2.75) is 6.42 Å². The molecule has 1 aromatic heterocycles. The first-order chi connectivity index (χ1) is 8.09. The first kappa shape index (κ1) is 12.1. The van der Waals surface area contributed by atoms with Crippen molar-refractivity contribution in [3.05, 3.63) is 23.5 Å². The molecule has 1 unspecified atom stereocenters. The first-order valence-corrected chi connectivity index (χ1v) is 5.00. The van der Waals surface area contributed by atoms with E-state index in [1.807, 2.05) is 0 Å². The number of pyridine rings is 1. The van der Waals surface area contributed by atoms with Crippen LogP contribution in [0.25, 0.3) is 0 Å². The van der Waals surface area contributed by atoms with Crippen molar-refractivity contribution in [3.63, 3.8) is 0 Å². The Bertz CT molecular complexity index is 395. The molecular weight excluding hydrogens is 242 g/mol. The lowest BCUT2D eigenvalue weighted by Gasteiger charge is -2.11. The lowest BCUT2D eigenvalue weighted by molar-refractivity contribution is 0.161. The molecule has 0 bridgehead atoms. The van der Waals surface area contributed by atoms with Crippen molar-refractivity contribution in [1.82, 2.24) is 4.98 Å². The quantitative estimate of drug-likeness (QED) is 0.608. The number of hydrogen-bond acceptors (Lipinski definition) is 3. The Morgan fingerprint density at radius 3 is 2.35 bits per heavy atom. The first-order valence-electron chi connectivity index (χ1n) is 5.00. The van der Waals surface area contributed by atoms with Crippen molar-refractivity contribution in [2.24, 2.45) is 5.92 Å². The predicted molar refractivity (Wildman–Crippen MR) is 48.5 cm³/mol. The van der Waals surface area contributed by atoms with Gasteiger partial charge in [0.2, 0.25) is 11.6 Å². The highest BCUT2D eigenvalue weighted by Crippen LogP contribution is 2.25. The van der Waals surface area contributed by atoms with E-state index in [0.717, 1.165) is 0 Å². The van der Waals surface area contributed by atoms with Crippen LogP contribution in [0, 0.1) is 29.4 Å². The average molecular weight is 251 g/mol. The zero-order chi connectivity index (χ0) is 12.4. The summed E-state index contributed by atoms with van der Waals surface area (Å²) >= 11 is 0. The second kappa shape index (κ2) is 4.87. The Labute approximate surface area is 94.4 Å². The van der Waals surface area contributed by atoms with Crippen LogP contribution in [-0.2, 0) is 4.74 Å². The largest absolute Gasteiger partial charge is 0.487 e. The van der Waals surface area contributed by atoms with E-state index in [-0.39, 0.29) is 12.5 Å². The van der Waals surface area contributed by atoms with Gasteiger partial charge < -0.3 is 9.47 Å².